The first-order valence-corrected chi connectivity index (χ1v) is 4.14. The molecule has 6 heteroatoms. The molecule has 1 saturated heterocycles. The Morgan fingerprint density at radius 3 is 2.33 bits per heavy atom. The van der Waals surface area contributed by atoms with Crippen LogP contribution in [0.2, 0.25) is 0 Å². The van der Waals surface area contributed by atoms with Crippen molar-refractivity contribution >= 4 is 39.9 Å². The van der Waals surface area contributed by atoms with E-state index in [2.05, 4.69) is 22.7 Å². The van der Waals surface area contributed by atoms with Crippen molar-refractivity contribution in [2.45, 2.75) is 12.5 Å². The molecular formula is C6H6BrClN2O2. The standard InChI is InChI=1S/C6H6BrClN2O2/c1-3-6(2)4(11)9(8)5(12)10(6)7/h3H,1H2,2H3. The van der Waals surface area contributed by atoms with Crippen molar-refractivity contribution in [3.8, 4) is 0 Å². The molecule has 1 unspecified atom stereocenters. The summed E-state index contributed by atoms with van der Waals surface area (Å²) < 4.78 is 1.58. The van der Waals surface area contributed by atoms with E-state index >= 15 is 0 Å². The highest BCUT2D eigenvalue weighted by Crippen LogP contribution is 2.32. The van der Waals surface area contributed by atoms with Crippen molar-refractivity contribution in [2.75, 3.05) is 0 Å². The van der Waals surface area contributed by atoms with Gasteiger partial charge in [0, 0.05) is 11.8 Å². The van der Waals surface area contributed by atoms with E-state index in [0.717, 1.165) is 3.93 Å². The molecular weight excluding hydrogens is 247 g/mol. The zero-order valence-corrected chi connectivity index (χ0v) is 8.59. The highest BCUT2D eigenvalue weighted by atomic mass is 79.9. The Morgan fingerprint density at radius 2 is 2.17 bits per heavy atom. The molecule has 0 aromatic heterocycles. The Morgan fingerprint density at radius 1 is 1.67 bits per heavy atom. The second-order valence-corrected chi connectivity index (χ2v) is 3.55. The fourth-order valence-electron chi connectivity index (χ4n) is 0.813. The Hall–Kier alpha value is -0.550. The zero-order valence-electron chi connectivity index (χ0n) is 6.25. The van der Waals surface area contributed by atoms with Gasteiger partial charge in [0.2, 0.25) is 0 Å². The lowest BCUT2D eigenvalue weighted by molar-refractivity contribution is -0.126. The third-order valence-electron chi connectivity index (χ3n) is 1.75. The number of nitrogens with zero attached hydrogens (tertiary/aromatic N) is 2. The first kappa shape index (κ1) is 9.54. The molecule has 1 rings (SSSR count). The van der Waals surface area contributed by atoms with Crippen LogP contribution in [0.1, 0.15) is 6.92 Å². The van der Waals surface area contributed by atoms with Crippen LogP contribution >= 0.6 is 27.9 Å². The van der Waals surface area contributed by atoms with Crippen LogP contribution in [0.4, 0.5) is 4.79 Å². The Labute approximate surface area is 83.2 Å². The topological polar surface area (TPSA) is 40.6 Å². The average molecular weight is 253 g/mol. The zero-order chi connectivity index (χ0) is 9.52. The van der Waals surface area contributed by atoms with Crippen LogP contribution in [0, 0.1) is 0 Å². The number of hydrogen-bond donors (Lipinski definition) is 0. The van der Waals surface area contributed by atoms with Crippen LogP contribution in [-0.2, 0) is 4.79 Å². The summed E-state index contributed by atoms with van der Waals surface area (Å²) in [5.41, 5.74) is -1.08. The van der Waals surface area contributed by atoms with Gasteiger partial charge in [-0.2, -0.15) is 4.42 Å². The highest BCUT2D eigenvalue weighted by Gasteiger charge is 2.51. The molecule has 1 fully saturated rings. The van der Waals surface area contributed by atoms with Gasteiger partial charge in [0.15, 0.2) is 5.54 Å². The fourth-order valence-corrected chi connectivity index (χ4v) is 1.61. The van der Waals surface area contributed by atoms with Crippen LogP contribution in [0.3, 0.4) is 0 Å². The van der Waals surface area contributed by atoms with E-state index in [9.17, 15) is 9.59 Å². The number of rotatable bonds is 1. The van der Waals surface area contributed by atoms with E-state index in [-0.39, 0.29) is 0 Å². The molecule has 0 radical (unpaired) electrons. The number of carbonyl (C=O) groups excluding carboxylic acids is 2. The summed E-state index contributed by atoms with van der Waals surface area (Å²) in [4.78, 5) is 22.4. The molecule has 1 heterocycles. The van der Waals surface area contributed by atoms with E-state index in [1.165, 1.54) is 13.0 Å². The van der Waals surface area contributed by atoms with Crippen LogP contribution in [0.5, 0.6) is 0 Å². The molecule has 0 aromatic carbocycles. The lowest BCUT2D eigenvalue weighted by Crippen LogP contribution is -2.39. The van der Waals surface area contributed by atoms with Crippen LogP contribution < -0.4 is 0 Å². The Balaban J connectivity index is 3.15. The first-order chi connectivity index (χ1) is 5.45. The Bertz CT molecular complexity index is 270. The molecule has 1 aliphatic rings. The maximum absolute atomic E-state index is 11.3. The summed E-state index contributed by atoms with van der Waals surface area (Å²) in [6.45, 7) is 4.99. The van der Waals surface area contributed by atoms with Gasteiger partial charge in [-0.3, -0.25) is 4.79 Å². The van der Waals surface area contributed by atoms with Crippen molar-refractivity contribution in [3.05, 3.63) is 12.7 Å². The van der Waals surface area contributed by atoms with Gasteiger partial charge in [-0.15, -0.1) is 6.58 Å². The van der Waals surface area contributed by atoms with Gasteiger partial charge in [0.1, 0.15) is 0 Å². The van der Waals surface area contributed by atoms with Crippen molar-refractivity contribution in [3.63, 3.8) is 0 Å². The van der Waals surface area contributed by atoms with Crippen molar-refractivity contribution in [2.24, 2.45) is 0 Å². The van der Waals surface area contributed by atoms with E-state index in [0.29, 0.717) is 4.42 Å². The van der Waals surface area contributed by atoms with Crippen molar-refractivity contribution < 1.29 is 9.59 Å². The smallest absolute Gasteiger partial charge is 0.270 e. The molecule has 12 heavy (non-hydrogen) atoms. The maximum atomic E-state index is 11.3. The van der Waals surface area contributed by atoms with Gasteiger partial charge in [-0.25, -0.2) is 8.72 Å². The summed E-state index contributed by atoms with van der Waals surface area (Å²) >= 11 is 8.32. The van der Waals surface area contributed by atoms with Crippen LogP contribution in [0.15, 0.2) is 12.7 Å². The average Bonchev–Trinajstić information content (AvgIpc) is 2.22. The van der Waals surface area contributed by atoms with Gasteiger partial charge in [-0.1, -0.05) is 6.08 Å². The molecule has 1 aliphatic heterocycles. The number of amides is 3. The normalized spacial score (nSPS) is 29.9. The minimum atomic E-state index is -1.08. The third kappa shape index (κ3) is 0.964. The van der Waals surface area contributed by atoms with Crippen molar-refractivity contribution in [1.82, 2.24) is 8.34 Å². The van der Waals surface area contributed by atoms with Gasteiger partial charge in [0.25, 0.3) is 5.91 Å². The predicted molar refractivity (Wildman–Crippen MR) is 47.5 cm³/mol. The second kappa shape index (κ2) is 2.74. The maximum Gasteiger partial charge on any atom is 0.353 e. The lowest BCUT2D eigenvalue weighted by atomic mass is 10.0. The second-order valence-electron chi connectivity index (χ2n) is 2.50. The number of halogens is 2. The van der Waals surface area contributed by atoms with Crippen LogP contribution in [0.25, 0.3) is 0 Å². The molecule has 0 saturated carbocycles. The molecule has 4 nitrogen and oxygen atoms in total. The molecule has 3 amide bonds. The van der Waals surface area contributed by atoms with E-state index in [4.69, 9.17) is 11.8 Å². The van der Waals surface area contributed by atoms with Gasteiger partial charge >= 0.3 is 6.03 Å². The SMILES string of the molecule is C=CC1(C)C(=O)N(Cl)C(=O)N1Br. The number of imide groups is 1. The molecule has 0 spiro atoms. The summed E-state index contributed by atoms with van der Waals surface area (Å²) in [5, 5.41) is 0. The van der Waals surface area contributed by atoms with E-state index in [1.54, 1.807) is 0 Å². The summed E-state index contributed by atoms with van der Waals surface area (Å²) in [6.07, 6.45) is 1.35. The molecule has 0 N–H and O–H groups in total. The first-order valence-electron chi connectivity index (χ1n) is 3.09. The minimum absolute atomic E-state index is 0.513. The van der Waals surface area contributed by atoms with Gasteiger partial charge < -0.3 is 0 Å². The molecule has 0 bridgehead atoms. The molecule has 0 aromatic rings. The number of hydrogen-bond acceptors (Lipinski definition) is 2. The molecule has 66 valence electrons. The highest BCUT2D eigenvalue weighted by molar-refractivity contribution is 9.07. The Kier molecular flexibility index (Phi) is 2.18. The summed E-state index contributed by atoms with van der Waals surface area (Å²) in [5.74, 6) is -0.513. The van der Waals surface area contributed by atoms with Gasteiger partial charge in [-0.05, 0) is 6.92 Å². The van der Waals surface area contributed by atoms with Crippen molar-refractivity contribution in [1.29, 1.82) is 0 Å². The number of urea groups is 1. The quantitative estimate of drug-likeness (QED) is 0.405. The fraction of sp³-hybridized carbons (Fsp3) is 0.333. The largest absolute Gasteiger partial charge is 0.353 e. The number of carbonyl (C=O) groups is 2. The molecule has 0 aliphatic carbocycles. The summed E-state index contributed by atoms with van der Waals surface area (Å²) in [7, 11) is 0. The van der Waals surface area contributed by atoms with Gasteiger partial charge in [0.05, 0.1) is 16.1 Å². The summed E-state index contributed by atoms with van der Waals surface area (Å²) in [6, 6.07) is -0.607. The lowest BCUT2D eigenvalue weighted by Gasteiger charge is -2.20. The molecule has 1 atom stereocenters. The third-order valence-corrected chi connectivity index (χ3v) is 3.09. The van der Waals surface area contributed by atoms with Crippen LogP contribution in [-0.4, -0.2) is 25.8 Å². The van der Waals surface area contributed by atoms with E-state index < -0.39 is 17.5 Å². The van der Waals surface area contributed by atoms with E-state index in [1.807, 2.05) is 0 Å². The predicted octanol–water partition coefficient (Wildman–Crippen LogP) is 1.66. The minimum Gasteiger partial charge on any atom is -0.270 e. The monoisotopic (exact) mass is 252 g/mol.